The van der Waals surface area contributed by atoms with Crippen molar-refractivity contribution in [3.05, 3.63) is 35.7 Å². The summed E-state index contributed by atoms with van der Waals surface area (Å²) < 4.78 is 18.3. The number of nitrogens with zero attached hydrogens (tertiary/aromatic N) is 1. The molecule has 0 aromatic heterocycles. The van der Waals surface area contributed by atoms with Gasteiger partial charge >= 0.3 is 0 Å². The van der Waals surface area contributed by atoms with Gasteiger partial charge in [-0.1, -0.05) is 33.4 Å². The van der Waals surface area contributed by atoms with Gasteiger partial charge in [-0.05, 0) is 50.0 Å². The Morgan fingerprint density at radius 3 is 2.54 bits per heavy atom. The van der Waals surface area contributed by atoms with Crippen LogP contribution in [0.1, 0.15) is 47.5 Å². The Hall–Kier alpha value is -0.933. The van der Waals surface area contributed by atoms with Crippen molar-refractivity contribution in [1.82, 2.24) is 0 Å². The van der Waals surface area contributed by atoms with Crippen LogP contribution in [0.3, 0.4) is 0 Å². The van der Waals surface area contributed by atoms with Gasteiger partial charge in [0.1, 0.15) is 0 Å². The van der Waals surface area contributed by atoms with Crippen molar-refractivity contribution in [3.8, 4) is 0 Å². The maximum absolute atomic E-state index is 7.79. The molecule has 1 unspecified atom stereocenters. The lowest BCUT2D eigenvalue weighted by Crippen LogP contribution is -2.45. The number of hydrogen-bond acceptors (Lipinski definition) is 3. The Labute approximate surface area is 160 Å². The van der Waals surface area contributed by atoms with Crippen molar-refractivity contribution >= 4 is 8.32 Å². The molecule has 1 fully saturated rings. The van der Waals surface area contributed by atoms with Crippen molar-refractivity contribution in [2.75, 3.05) is 13.2 Å². The minimum atomic E-state index is -1.80. The largest absolute Gasteiger partial charge is 0.413 e. The summed E-state index contributed by atoms with van der Waals surface area (Å²) in [4.78, 5) is 3.97. The molecule has 2 aliphatic rings. The van der Waals surface area contributed by atoms with Gasteiger partial charge in [-0.15, -0.1) is 0 Å². The van der Waals surface area contributed by atoms with Gasteiger partial charge in [0.05, 0.1) is 25.2 Å². The van der Waals surface area contributed by atoms with E-state index in [4.69, 9.17) is 20.5 Å². The molecule has 0 aromatic rings. The Morgan fingerprint density at radius 1 is 1.42 bits per heavy atom. The van der Waals surface area contributed by atoms with Gasteiger partial charge < -0.3 is 18.7 Å². The molecule has 0 spiro atoms. The first-order valence-electron chi connectivity index (χ1n) is 9.52. The topological polar surface area (TPSA) is 32.0 Å². The third-order valence-corrected chi connectivity index (χ3v) is 10.8. The van der Waals surface area contributed by atoms with Gasteiger partial charge in [-0.25, -0.2) is 6.57 Å². The third-order valence-electron chi connectivity index (χ3n) is 6.31. The molecular weight excluding hydrogens is 342 g/mol. The van der Waals surface area contributed by atoms with Crippen LogP contribution in [0, 0.1) is 12.5 Å². The second-order valence-electron chi connectivity index (χ2n) is 9.60. The van der Waals surface area contributed by atoms with Crippen molar-refractivity contribution in [1.29, 1.82) is 0 Å². The molecule has 1 heterocycles. The van der Waals surface area contributed by atoms with Crippen molar-refractivity contribution in [2.24, 2.45) is 5.92 Å². The Bertz CT molecular complexity index is 612. The molecule has 0 bridgehead atoms. The average molecular weight is 378 g/mol. The van der Waals surface area contributed by atoms with Gasteiger partial charge in [0.25, 0.3) is 5.54 Å². The van der Waals surface area contributed by atoms with Crippen LogP contribution in [-0.4, -0.2) is 39.0 Å². The van der Waals surface area contributed by atoms with Crippen LogP contribution in [0.2, 0.25) is 18.1 Å². The lowest BCUT2D eigenvalue weighted by atomic mass is 9.71. The molecule has 2 rings (SSSR count). The minimum absolute atomic E-state index is 0.0438. The average Bonchev–Trinajstić information content (AvgIpc) is 2.91. The molecule has 26 heavy (non-hydrogen) atoms. The predicted octanol–water partition coefficient (Wildman–Crippen LogP) is 5.34. The molecule has 1 saturated heterocycles. The van der Waals surface area contributed by atoms with Crippen LogP contribution < -0.4 is 0 Å². The summed E-state index contributed by atoms with van der Waals surface area (Å²) in [7, 11) is -1.80. The zero-order chi connectivity index (χ0) is 19.8. The van der Waals surface area contributed by atoms with Crippen LogP contribution in [0.5, 0.6) is 0 Å². The highest BCUT2D eigenvalue weighted by atomic mass is 28.4. The predicted molar refractivity (Wildman–Crippen MR) is 108 cm³/mol. The van der Waals surface area contributed by atoms with Gasteiger partial charge in [0.15, 0.2) is 14.1 Å². The fourth-order valence-electron chi connectivity index (χ4n) is 3.39. The molecule has 5 heteroatoms. The van der Waals surface area contributed by atoms with E-state index in [9.17, 15) is 0 Å². The van der Waals surface area contributed by atoms with Gasteiger partial charge in [-0.3, -0.25) is 0 Å². The highest BCUT2D eigenvalue weighted by Gasteiger charge is 2.52. The van der Waals surface area contributed by atoms with Crippen molar-refractivity contribution < 1.29 is 13.9 Å². The summed E-state index contributed by atoms with van der Waals surface area (Å²) in [6.45, 7) is 28.1. The van der Waals surface area contributed by atoms with E-state index >= 15 is 0 Å². The van der Waals surface area contributed by atoms with E-state index < -0.39 is 19.6 Å². The summed E-state index contributed by atoms with van der Waals surface area (Å²) in [5.41, 5.74) is 0.656. The monoisotopic (exact) mass is 377 g/mol. The maximum Gasteiger partial charge on any atom is 0.259 e. The first kappa shape index (κ1) is 21.4. The SMILES string of the molecule is [C-]#[N+][C@@]1(C=C)CC=C(CO[Si](C)(C)C(C)(C)C)CC1[C@H]1COC(C)(C)O1. The first-order chi connectivity index (χ1) is 11.9. The van der Waals surface area contributed by atoms with E-state index in [2.05, 4.69) is 51.4 Å². The molecule has 1 aliphatic carbocycles. The van der Waals surface area contributed by atoms with Crippen LogP contribution in [0.15, 0.2) is 24.3 Å². The molecule has 0 aromatic carbocycles. The molecule has 1 aliphatic heterocycles. The summed E-state index contributed by atoms with van der Waals surface area (Å²) >= 11 is 0. The Kier molecular flexibility index (Phi) is 5.95. The number of hydrogen-bond donors (Lipinski definition) is 0. The smallest absolute Gasteiger partial charge is 0.259 e. The Balaban J connectivity index is 2.17. The van der Waals surface area contributed by atoms with E-state index in [1.165, 1.54) is 5.57 Å². The molecule has 0 saturated carbocycles. The summed E-state index contributed by atoms with van der Waals surface area (Å²) in [5.74, 6) is -0.541. The summed E-state index contributed by atoms with van der Waals surface area (Å²) in [5, 5.41) is 0.190. The third kappa shape index (κ3) is 4.31. The molecule has 146 valence electrons. The summed E-state index contributed by atoms with van der Waals surface area (Å²) in [6, 6.07) is 0. The van der Waals surface area contributed by atoms with Gasteiger partial charge in [0.2, 0.25) is 0 Å². The Morgan fingerprint density at radius 2 is 2.08 bits per heavy atom. The zero-order valence-corrected chi connectivity index (χ0v) is 18.5. The number of ether oxygens (including phenoxy) is 2. The zero-order valence-electron chi connectivity index (χ0n) is 17.5. The second-order valence-corrected chi connectivity index (χ2v) is 14.4. The quantitative estimate of drug-likeness (QED) is 0.368. The van der Waals surface area contributed by atoms with E-state index in [1.807, 2.05) is 13.8 Å². The lowest BCUT2D eigenvalue weighted by Gasteiger charge is -2.38. The van der Waals surface area contributed by atoms with Crippen molar-refractivity contribution in [2.45, 2.75) is 83.0 Å². The van der Waals surface area contributed by atoms with Gasteiger partial charge in [0, 0.05) is 6.42 Å². The maximum atomic E-state index is 7.79. The molecular formula is C21H35NO3Si. The van der Waals surface area contributed by atoms with Crippen LogP contribution >= 0.6 is 0 Å². The highest BCUT2D eigenvalue weighted by Crippen LogP contribution is 2.44. The molecule has 0 N–H and O–H groups in total. The first-order valence-corrected chi connectivity index (χ1v) is 12.4. The molecule has 0 amide bonds. The minimum Gasteiger partial charge on any atom is -0.413 e. The van der Waals surface area contributed by atoms with Crippen LogP contribution in [-0.2, 0) is 13.9 Å². The van der Waals surface area contributed by atoms with E-state index in [-0.39, 0.29) is 17.1 Å². The standard InChI is InChI=1S/C21H35NO3Si/c1-10-21(22-7)12-11-16(14-24-26(8,9)19(2,3)4)13-17(21)18-15-23-20(5,6)25-18/h10-11,17-18H,1,12-15H2,2-6,8-9H3/t17?,18-,21+/m1/s1. The molecule has 0 radical (unpaired) electrons. The normalized spacial score (nSPS) is 32.0. The van der Waals surface area contributed by atoms with E-state index in [1.54, 1.807) is 6.08 Å². The van der Waals surface area contributed by atoms with E-state index in [0.717, 1.165) is 6.42 Å². The van der Waals surface area contributed by atoms with Crippen molar-refractivity contribution in [3.63, 3.8) is 0 Å². The van der Waals surface area contributed by atoms with Gasteiger partial charge in [-0.2, -0.15) is 0 Å². The van der Waals surface area contributed by atoms with Crippen LogP contribution in [0.4, 0.5) is 0 Å². The molecule has 4 nitrogen and oxygen atoms in total. The second kappa shape index (κ2) is 7.24. The van der Waals surface area contributed by atoms with Crippen LogP contribution in [0.25, 0.3) is 4.85 Å². The lowest BCUT2D eigenvalue weighted by molar-refractivity contribution is -0.146. The fraction of sp³-hybridized carbons (Fsp3) is 0.762. The molecule has 3 atom stereocenters. The summed E-state index contributed by atoms with van der Waals surface area (Å²) in [6.07, 6.45) is 5.37. The van der Waals surface area contributed by atoms with E-state index in [0.29, 0.717) is 19.6 Å². The highest BCUT2D eigenvalue weighted by molar-refractivity contribution is 6.74. The number of rotatable bonds is 5. The fourth-order valence-corrected chi connectivity index (χ4v) is 4.36.